The molecule has 0 spiro atoms. The van der Waals surface area contributed by atoms with Crippen molar-refractivity contribution in [2.75, 3.05) is 10.6 Å². The molecule has 2 rings (SSSR count). The fourth-order valence-corrected chi connectivity index (χ4v) is 1.84. The molecule has 22 heavy (non-hydrogen) atoms. The number of aryl methyl sites for hydroxylation is 1. The third kappa shape index (κ3) is 3.65. The molecule has 0 bridgehead atoms. The van der Waals surface area contributed by atoms with Crippen molar-refractivity contribution in [3.05, 3.63) is 41.1 Å². The van der Waals surface area contributed by atoms with Gasteiger partial charge in [-0.25, -0.2) is 0 Å². The largest absolute Gasteiger partial charge is 0.360 e. The Morgan fingerprint density at radius 2 is 1.86 bits per heavy atom. The molecule has 0 saturated heterocycles. The summed E-state index contributed by atoms with van der Waals surface area (Å²) in [7, 11) is 0. The molecule has 0 aliphatic carbocycles. The number of amides is 2. The van der Waals surface area contributed by atoms with Crippen molar-refractivity contribution in [2.45, 2.75) is 20.8 Å². The zero-order chi connectivity index (χ0) is 16.3. The maximum Gasteiger partial charge on any atom is 0.240 e. The number of halogens is 1. The van der Waals surface area contributed by atoms with Crippen LogP contribution in [-0.2, 0) is 9.59 Å². The molecule has 0 unspecified atom stereocenters. The quantitative estimate of drug-likeness (QED) is 0.847. The van der Waals surface area contributed by atoms with E-state index in [1.54, 1.807) is 37.3 Å². The van der Waals surface area contributed by atoms with E-state index in [0.29, 0.717) is 16.5 Å². The summed E-state index contributed by atoms with van der Waals surface area (Å²) in [5.41, 5.74) is -0.773. The van der Waals surface area contributed by atoms with Gasteiger partial charge in [-0.3, -0.25) is 9.59 Å². The van der Waals surface area contributed by atoms with E-state index < -0.39 is 17.2 Å². The molecular formula is C15H16ClN3O3. The molecular weight excluding hydrogens is 306 g/mol. The van der Waals surface area contributed by atoms with Crippen molar-refractivity contribution in [3.8, 4) is 0 Å². The van der Waals surface area contributed by atoms with Gasteiger partial charge in [-0.05, 0) is 39.0 Å². The Labute approximate surface area is 132 Å². The predicted molar refractivity (Wildman–Crippen MR) is 83.7 cm³/mol. The lowest BCUT2D eigenvalue weighted by Crippen LogP contribution is -2.41. The van der Waals surface area contributed by atoms with E-state index in [-0.39, 0.29) is 5.82 Å². The Morgan fingerprint density at radius 3 is 2.45 bits per heavy atom. The third-order valence-corrected chi connectivity index (χ3v) is 3.32. The van der Waals surface area contributed by atoms with Crippen molar-refractivity contribution in [3.63, 3.8) is 0 Å². The van der Waals surface area contributed by atoms with Gasteiger partial charge in [-0.15, -0.1) is 0 Å². The van der Waals surface area contributed by atoms with E-state index in [0.717, 1.165) is 0 Å². The Balaban J connectivity index is 2.07. The van der Waals surface area contributed by atoms with E-state index in [1.165, 1.54) is 13.8 Å². The topological polar surface area (TPSA) is 84.2 Å². The second kappa shape index (κ2) is 6.19. The smallest absolute Gasteiger partial charge is 0.240 e. The van der Waals surface area contributed by atoms with E-state index >= 15 is 0 Å². The molecule has 7 heteroatoms. The average Bonchev–Trinajstić information content (AvgIpc) is 2.84. The molecule has 1 heterocycles. The fraction of sp³-hybridized carbons (Fsp3) is 0.267. The summed E-state index contributed by atoms with van der Waals surface area (Å²) in [6.45, 7) is 4.75. The van der Waals surface area contributed by atoms with Gasteiger partial charge in [0.2, 0.25) is 11.8 Å². The monoisotopic (exact) mass is 321 g/mol. The molecule has 6 nitrogen and oxygen atoms in total. The highest BCUT2D eigenvalue weighted by atomic mass is 35.5. The molecule has 2 aromatic rings. The molecule has 1 aromatic carbocycles. The minimum absolute atomic E-state index is 0.270. The lowest BCUT2D eigenvalue weighted by Gasteiger charge is -2.22. The highest BCUT2D eigenvalue weighted by Gasteiger charge is 2.36. The molecule has 1 aromatic heterocycles. The van der Waals surface area contributed by atoms with Crippen LogP contribution in [-0.4, -0.2) is 17.0 Å². The summed E-state index contributed by atoms with van der Waals surface area (Å²) in [4.78, 5) is 24.6. The standard InChI is InChI=1S/C15H16ClN3O3/c1-9-7-12(19-22-9)18-14(21)15(2,3)13(20)17-11-6-4-5-10(16)8-11/h4-8H,1-3H3,(H,17,20)(H,18,19,21). The van der Waals surface area contributed by atoms with Gasteiger partial charge >= 0.3 is 0 Å². The van der Waals surface area contributed by atoms with Gasteiger partial charge in [0.25, 0.3) is 0 Å². The Morgan fingerprint density at radius 1 is 1.18 bits per heavy atom. The Kier molecular flexibility index (Phi) is 4.51. The van der Waals surface area contributed by atoms with E-state index in [2.05, 4.69) is 15.8 Å². The van der Waals surface area contributed by atoms with Gasteiger partial charge in [0.1, 0.15) is 11.2 Å². The number of nitrogens with zero attached hydrogens (tertiary/aromatic N) is 1. The first kappa shape index (κ1) is 16.0. The van der Waals surface area contributed by atoms with Crippen molar-refractivity contribution in [2.24, 2.45) is 5.41 Å². The van der Waals surface area contributed by atoms with Crippen molar-refractivity contribution in [1.82, 2.24) is 5.16 Å². The number of anilines is 2. The number of rotatable bonds is 4. The number of aromatic nitrogens is 1. The second-order valence-corrected chi connectivity index (χ2v) is 5.80. The first-order valence-electron chi connectivity index (χ1n) is 6.61. The number of benzene rings is 1. The van der Waals surface area contributed by atoms with Crippen molar-refractivity contribution in [1.29, 1.82) is 0 Å². The van der Waals surface area contributed by atoms with Gasteiger partial charge in [-0.2, -0.15) is 0 Å². The summed E-state index contributed by atoms with van der Waals surface area (Å²) in [6, 6.07) is 8.28. The zero-order valence-corrected chi connectivity index (χ0v) is 13.2. The minimum atomic E-state index is -1.30. The summed E-state index contributed by atoms with van der Waals surface area (Å²) >= 11 is 5.87. The summed E-state index contributed by atoms with van der Waals surface area (Å²) < 4.78 is 4.87. The molecule has 0 aliphatic rings. The van der Waals surface area contributed by atoms with Gasteiger partial charge in [-0.1, -0.05) is 22.8 Å². The van der Waals surface area contributed by atoms with E-state index in [4.69, 9.17) is 16.1 Å². The summed E-state index contributed by atoms with van der Waals surface area (Å²) in [5.74, 6) is -0.101. The van der Waals surface area contributed by atoms with Crippen LogP contribution in [0.25, 0.3) is 0 Å². The number of hydrogen-bond acceptors (Lipinski definition) is 4. The third-order valence-electron chi connectivity index (χ3n) is 3.09. The van der Waals surface area contributed by atoms with Crippen LogP contribution in [0.5, 0.6) is 0 Å². The van der Waals surface area contributed by atoms with Crippen LogP contribution >= 0.6 is 11.6 Å². The molecule has 116 valence electrons. The number of carbonyl (C=O) groups excluding carboxylic acids is 2. The highest BCUT2D eigenvalue weighted by Crippen LogP contribution is 2.22. The van der Waals surface area contributed by atoms with Crippen molar-refractivity contribution >= 4 is 34.9 Å². The van der Waals surface area contributed by atoms with Crippen LogP contribution in [0, 0.1) is 12.3 Å². The molecule has 2 N–H and O–H groups in total. The van der Waals surface area contributed by atoms with Crippen molar-refractivity contribution < 1.29 is 14.1 Å². The van der Waals surface area contributed by atoms with Gasteiger partial charge in [0.05, 0.1) is 0 Å². The molecule has 0 saturated carbocycles. The number of carbonyl (C=O) groups is 2. The molecule has 0 atom stereocenters. The van der Waals surface area contributed by atoms with Gasteiger partial charge in [0.15, 0.2) is 5.82 Å². The lowest BCUT2D eigenvalue weighted by atomic mass is 9.91. The predicted octanol–water partition coefficient (Wildman–Crippen LogP) is 3.24. The molecule has 0 aliphatic heterocycles. The SMILES string of the molecule is Cc1cc(NC(=O)C(C)(C)C(=O)Nc2cccc(Cl)c2)no1. The first-order chi connectivity index (χ1) is 10.3. The zero-order valence-electron chi connectivity index (χ0n) is 12.4. The Bertz CT molecular complexity index is 710. The van der Waals surface area contributed by atoms with Crippen LogP contribution in [0.3, 0.4) is 0 Å². The maximum absolute atomic E-state index is 12.3. The van der Waals surface area contributed by atoms with Crippen LogP contribution in [0.2, 0.25) is 5.02 Å². The molecule has 0 fully saturated rings. The lowest BCUT2D eigenvalue weighted by molar-refractivity contribution is -0.135. The summed E-state index contributed by atoms with van der Waals surface area (Å²) in [5, 5.41) is 9.38. The van der Waals surface area contributed by atoms with Crippen LogP contribution < -0.4 is 10.6 Å². The van der Waals surface area contributed by atoms with E-state index in [1.807, 2.05) is 0 Å². The average molecular weight is 322 g/mol. The minimum Gasteiger partial charge on any atom is -0.360 e. The van der Waals surface area contributed by atoms with Gasteiger partial charge in [0, 0.05) is 16.8 Å². The maximum atomic E-state index is 12.3. The fourth-order valence-electron chi connectivity index (χ4n) is 1.65. The highest BCUT2D eigenvalue weighted by molar-refractivity contribution is 6.31. The van der Waals surface area contributed by atoms with Gasteiger partial charge < -0.3 is 15.2 Å². The molecule has 2 amide bonds. The normalized spacial score (nSPS) is 11.1. The Hall–Kier alpha value is -2.34. The molecule has 0 radical (unpaired) electrons. The number of hydrogen-bond donors (Lipinski definition) is 2. The van der Waals surface area contributed by atoms with Crippen LogP contribution in [0.4, 0.5) is 11.5 Å². The first-order valence-corrected chi connectivity index (χ1v) is 6.98. The van der Waals surface area contributed by atoms with Crippen LogP contribution in [0.1, 0.15) is 19.6 Å². The number of nitrogens with one attached hydrogen (secondary N) is 2. The summed E-state index contributed by atoms with van der Waals surface area (Å²) in [6.07, 6.45) is 0. The van der Waals surface area contributed by atoms with Crippen LogP contribution in [0.15, 0.2) is 34.9 Å². The second-order valence-electron chi connectivity index (χ2n) is 5.37. The van der Waals surface area contributed by atoms with E-state index in [9.17, 15) is 9.59 Å².